The van der Waals surface area contributed by atoms with Gasteiger partial charge in [0.25, 0.3) is 0 Å². The fourth-order valence-corrected chi connectivity index (χ4v) is 2.80. The zero-order chi connectivity index (χ0) is 11.5. The molecule has 1 atom stereocenters. The molecule has 1 N–H and O–H groups in total. The molecule has 0 aliphatic carbocycles. The molecule has 2 aromatic heterocycles. The van der Waals surface area contributed by atoms with Gasteiger partial charge in [-0.1, -0.05) is 0 Å². The van der Waals surface area contributed by atoms with Gasteiger partial charge in [-0.05, 0) is 29.9 Å². The van der Waals surface area contributed by atoms with Crippen molar-refractivity contribution in [2.24, 2.45) is 0 Å². The zero-order valence-corrected chi connectivity index (χ0v) is 11.5. The summed E-state index contributed by atoms with van der Waals surface area (Å²) in [5.74, 6) is 0. The summed E-state index contributed by atoms with van der Waals surface area (Å²) in [5, 5.41) is 9.65. The molecule has 16 heavy (non-hydrogen) atoms. The highest BCUT2D eigenvalue weighted by molar-refractivity contribution is 9.10. The number of aryl methyl sites for hydroxylation is 1. The van der Waals surface area contributed by atoms with E-state index in [1.807, 2.05) is 23.4 Å². The summed E-state index contributed by atoms with van der Waals surface area (Å²) in [6, 6.07) is 0.0862. The third kappa shape index (κ3) is 2.05. The zero-order valence-electron chi connectivity index (χ0n) is 9.14. The molecule has 2 rings (SSSR count). The van der Waals surface area contributed by atoms with Crippen molar-refractivity contribution < 1.29 is 0 Å². The third-order valence-corrected chi connectivity index (χ3v) is 3.66. The Hall–Kier alpha value is -0.720. The smallest absolute Gasteiger partial charge is 0.0939 e. The van der Waals surface area contributed by atoms with Gasteiger partial charge in [0.15, 0.2) is 0 Å². The number of hydrogen-bond donors (Lipinski definition) is 1. The highest BCUT2D eigenvalue weighted by Crippen LogP contribution is 2.28. The van der Waals surface area contributed by atoms with Gasteiger partial charge in [0, 0.05) is 11.9 Å². The average Bonchev–Trinajstić information content (AvgIpc) is 2.91. The Kier molecular flexibility index (Phi) is 3.73. The highest BCUT2D eigenvalue weighted by atomic mass is 79.9. The van der Waals surface area contributed by atoms with Crippen molar-refractivity contribution in [2.45, 2.75) is 19.5 Å². The van der Waals surface area contributed by atoms with Crippen molar-refractivity contribution in [2.75, 3.05) is 7.05 Å². The maximum Gasteiger partial charge on any atom is 0.0939 e. The first-order valence-electron chi connectivity index (χ1n) is 5.04. The Morgan fingerprint density at radius 3 is 3.00 bits per heavy atom. The fourth-order valence-electron chi connectivity index (χ4n) is 1.70. The van der Waals surface area contributed by atoms with Gasteiger partial charge in [-0.2, -0.15) is 5.10 Å². The first-order valence-corrected chi connectivity index (χ1v) is 6.78. The molecule has 2 aromatic rings. The second-order valence-corrected chi connectivity index (χ2v) is 4.90. The van der Waals surface area contributed by atoms with E-state index in [4.69, 9.17) is 0 Å². The van der Waals surface area contributed by atoms with Crippen LogP contribution < -0.4 is 5.32 Å². The van der Waals surface area contributed by atoms with Gasteiger partial charge in [0.2, 0.25) is 0 Å². The van der Waals surface area contributed by atoms with E-state index in [2.05, 4.69) is 43.6 Å². The van der Waals surface area contributed by atoms with Gasteiger partial charge in [-0.25, -0.2) is 4.98 Å². The molecular weight excluding hydrogens is 288 g/mol. The topological polar surface area (TPSA) is 42.7 Å². The molecule has 1 unspecified atom stereocenters. The number of nitrogens with one attached hydrogen (secondary N) is 1. The van der Waals surface area contributed by atoms with Gasteiger partial charge in [-0.15, -0.1) is 11.3 Å². The maximum atomic E-state index is 4.35. The molecule has 86 valence electrons. The van der Waals surface area contributed by atoms with E-state index in [9.17, 15) is 0 Å². The molecule has 0 aromatic carbocycles. The summed E-state index contributed by atoms with van der Waals surface area (Å²) in [6.45, 7) is 2.93. The molecule has 0 saturated carbocycles. The molecule has 0 bridgehead atoms. The van der Waals surface area contributed by atoms with Crippen LogP contribution in [0.2, 0.25) is 0 Å². The predicted molar refractivity (Wildman–Crippen MR) is 68.6 cm³/mol. The van der Waals surface area contributed by atoms with Crippen molar-refractivity contribution in [1.82, 2.24) is 20.1 Å². The lowest BCUT2D eigenvalue weighted by Crippen LogP contribution is -2.22. The third-order valence-electron chi connectivity index (χ3n) is 2.44. The number of rotatable bonds is 4. The molecule has 0 saturated heterocycles. The summed E-state index contributed by atoms with van der Waals surface area (Å²) in [7, 11) is 1.93. The van der Waals surface area contributed by atoms with Crippen molar-refractivity contribution in [3.05, 3.63) is 32.9 Å². The van der Waals surface area contributed by atoms with E-state index in [1.165, 1.54) is 0 Å². The lowest BCUT2D eigenvalue weighted by molar-refractivity contribution is 0.556. The molecule has 6 heteroatoms. The Bertz CT molecular complexity index is 451. The maximum absolute atomic E-state index is 4.35. The molecule has 0 aliphatic heterocycles. The van der Waals surface area contributed by atoms with Crippen LogP contribution in [0.25, 0.3) is 0 Å². The van der Waals surface area contributed by atoms with Crippen molar-refractivity contribution in [1.29, 1.82) is 0 Å². The summed E-state index contributed by atoms with van der Waals surface area (Å²) in [4.78, 5) is 4.35. The van der Waals surface area contributed by atoms with Crippen LogP contribution >= 0.6 is 27.3 Å². The lowest BCUT2D eigenvalue weighted by atomic mass is 10.1. The van der Waals surface area contributed by atoms with Gasteiger partial charge in [0.05, 0.1) is 33.6 Å². The number of thiazole rings is 1. The first kappa shape index (κ1) is 11.8. The van der Waals surface area contributed by atoms with E-state index in [0.29, 0.717) is 0 Å². The van der Waals surface area contributed by atoms with Crippen LogP contribution in [-0.4, -0.2) is 21.8 Å². The Balaban J connectivity index is 2.44. The average molecular weight is 301 g/mol. The van der Waals surface area contributed by atoms with Crippen LogP contribution in [0, 0.1) is 0 Å². The predicted octanol–water partition coefficient (Wildman–Crippen LogP) is 2.43. The molecule has 0 spiro atoms. The van der Waals surface area contributed by atoms with E-state index in [1.54, 1.807) is 11.3 Å². The summed E-state index contributed by atoms with van der Waals surface area (Å²) >= 11 is 5.14. The normalized spacial score (nSPS) is 12.9. The van der Waals surface area contributed by atoms with E-state index >= 15 is 0 Å². The largest absolute Gasteiger partial charge is 0.307 e. The number of halogens is 1. The van der Waals surface area contributed by atoms with Crippen molar-refractivity contribution in [3.63, 3.8) is 0 Å². The highest BCUT2D eigenvalue weighted by Gasteiger charge is 2.21. The van der Waals surface area contributed by atoms with Gasteiger partial charge >= 0.3 is 0 Å². The first-order chi connectivity index (χ1) is 7.77. The van der Waals surface area contributed by atoms with E-state index < -0.39 is 0 Å². The van der Waals surface area contributed by atoms with Crippen LogP contribution in [0.1, 0.15) is 24.4 Å². The number of aromatic nitrogens is 3. The minimum Gasteiger partial charge on any atom is -0.307 e. The van der Waals surface area contributed by atoms with E-state index in [0.717, 1.165) is 22.4 Å². The molecular formula is C10H13BrN4S. The standard InChI is InChI=1S/C10H13BrN4S/c1-3-15-10(7(11)4-14-15)9(12-2)8-5-16-6-13-8/h4-6,9,12H,3H2,1-2H3. The molecule has 2 heterocycles. The molecule has 4 nitrogen and oxygen atoms in total. The second kappa shape index (κ2) is 5.07. The summed E-state index contributed by atoms with van der Waals surface area (Å²) in [5.41, 5.74) is 4.00. The SMILES string of the molecule is CCn1ncc(Br)c1C(NC)c1cscn1. The Morgan fingerprint density at radius 1 is 1.62 bits per heavy atom. The van der Waals surface area contributed by atoms with Gasteiger partial charge in [-0.3, -0.25) is 4.68 Å². The lowest BCUT2D eigenvalue weighted by Gasteiger charge is -2.16. The molecule has 0 fully saturated rings. The molecule has 0 amide bonds. The van der Waals surface area contributed by atoms with Crippen molar-refractivity contribution in [3.8, 4) is 0 Å². The van der Waals surface area contributed by atoms with Crippen LogP contribution in [0.4, 0.5) is 0 Å². The van der Waals surface area contributed by atoms with Gasteiger partial charge in [0.1, 0.15) is 0 Å². The monoisotopic (exact) mass is 300 g/mol. The Labute approximate surface area is 107 Å². The quantitative estimate of drug-likeness (QED) is 0.943. The number of hydrogen-bond acceptors (Lipinski definition) is 4. The van der Waals surface area contributed by atoms with Crippen LogP contribution in [0.3, 0.4) is 0 Å². The van der Waals surface area contributed by atoms with Gasteiger partial charge < -0.3 is 5.32 Å². The van der Waals surface area contributed by atoms with Crippen LogP contribution in [0.5, 0.6) is 0 Å². The molecule has 0 aliphatic rings. The Morgan fingerprint density at radius 2 is 2.44 bits per heavy atom. The minimum absolute atomic E-state index is 0.0862. The fraction of sp³-hybridized carbons (Fsp3) is 0.400. The summed E-state index contributed by atoms with van der Waals surface area (Å²) in [6.07, 6.45) is 1.83. The second-order valence-electron chi connectivity index (χ2n) is 3.33. The minimum atomic E-state index is 0.0862. The van der Waals surface area contributed by atoms with E-state index in [-0.39, 0.29) is 6.04 Å². The summed E-state index contributed by atoms with van der Waals surface area (Å²) < 4.78 is 2.99. The number of nitrogens with zero attached hydrogens (tertiary/aromatic N) is 3. The van der Waals surface area contributed by atoms with Crippen molar-refractivity contribution >= 4 is 27.3 Å². The molecule has 0 radical (unpaired) electrons. The van der Waals surface area contributed by atoms with Crippen LogP contribution in [-0.2, 0) is 6.54 Å². The van der Waals surface area contributed by atoms with Crippen LogP contribution in [0.15, 0.2) is 21.6 Å².